The molecule has 2 fully saturated rings. The van der Waals surface area contributed by atoms with Gasteiger partial charge in [0.05, 0.1) is 6.04 Å². The number of rotatable bonds is 3. The lowest BCUT2D eigenvalue weighted by atomic mass is 10.1. The molecule has 2 aliphatic rings. The lowest BCUT2D eigenvalue weighted by Crippen LogP contribution is -2.60. The van der Waals surface area contributed by atoms with E-state index in [0.29, 0.717) is 19.4 Å². The topological polar surface area (TPSA) is 90.5 Å². The highest BCUT2D eigenvalue weighted by atomic mass is 16.2. The first-order chi connectivity index (χ1) is 11.9. The predicted octanol–water partition coefficient (Wildman–Crippen LogP) is 1.30. The average Bonchev–Trinajstić information content (AvgIpc) is 2.94. The quantitative estimate of drug-likeness (QED) is 0.772. The van der Waals surface area contributed by atoms with E-state index in [1.165, 1.54) is 0 Å². The van der Waals surface area contributed by atoms with E-state index in [2.05, 4.69) is 16.0 Å². The van der Waals surface area contributed by atoms with Gasteiger partial charge in [-0.05, 0) is 49.9 Å². The van der Waals surface area contributed by atoms with E-state index in [9.17, 15) is 14.4 Å². The summed E-state index contributed by atoms with van der Waals surface area (Å²) in [5.74, 6) is -0.198. The molecule has 25 heavy (non-hydrogen) atoms. The van der Waals surface area contributed by atoms with Gasteiger partial charge >= 0.3 is 6.03 Å². The van der Waals surface area contributed by atoms with E-state index in [-0.39, 0.29) is 23.9 Å². The van der Waals surface area contributed by atoms with Crippen LogP contribution in [-0.4, -0.2) is 47.4 Å². The summed E-state index contributed by atoms with van der Waals surface area (Å²) >= 11 is 0. The van der Waals surface area contributed by atoms with Gasteiger partial charge in [-0.15, -0.1) is 0 Å². The number of benzene rings is 1. The maximum absolute atomic E-state index is 12.4. The van der Waals surface area contributed by atoms with E-state index >= 15 is 0 Å². The van der Waals surface area contributed by atoms with Gasteiger partial charge in [-0.2, -0.15) is 0 Å². The molecule has 2 aliphatic heterocycles. The third-order valence-electron chi connectivity index (χ3n) is 4.72. The van der Waals surface area contributed by atoms with Crippen LogP contribution in [-0.2, 0) is 9.59 Å². The van der Waals surface area contributed by atoms with Gasteiger partial charge in [-0.25, -0.2) is 4.79 Å². The number of anilines is 1. The van der Waals surface area contributed by atoms with Crippen molar-refractivity contribution in [3.63, 3.8) is 0 Å². The second kappa shape index (κ2) is 6.74. The van der Waals surface area contributed by atoms with Crippen LogP contribution in [0.4, 0.5) is 10.5 Å². The van der Waals surface area contributed by atoms with Crippen LogP contribution < -0.4 is 16.0 Å². The molecule has 134 valence electrons. The van der Waals surface area contributed by atoms with Gasteiger partial charge in [-0.3, -0.25) is 9.59 Å². The molecule has 0 unspecified atom stereocenters. The standard InChI is InChI=1S/C18H24N4O3/c1-4-14-17(24)22-9-13(8-15(22)16(23)21-14)20-18(25)19-12-6-10(2)5-11(3)7-12/h5-7,13-15H,4,8-9H2,1-3H3,(H,21,23)(H2,19,20,25)/t13-,14-,15-/m0/s1. The van der Waals surface area contributed by atoms with Gasteiger partial charge < -0.3 is 20.9 Å². The van der Waals surface area contributed by atoms with Crippen LogP contribution in [0.15, 0.2) is 18.2 Å². The van der Waals surface area contributed by atoms with Crippen molar-refractivity contribution in [1.29, 1.82) is 0 Å². The molecule has 4 amide bonds. The molecule has 0 aliphatic carbocycles. The number of hydrogen-bond acceptors (Lipinski definition) is 3. The fraction of sp³-hybridized carbons (Fsp3) is 0.500. The zero-order valence-electron chi connectivity index (χ0n) is 14.8. The Bertz CT molecular complexity index is 698. The van der Waals surface area contributed by atoms with Gasteiger partial charge in [0.2, 0.25) is 11.8 Å². The summed E-state index contributed by atoms with van der Waals surface area (Å²) in [6, 6.07) is 4.33. The number of amides is 4. The molecule has 3 atom stereocenters. The smallest absolute Gasteiger partial charge is 0.319 e. The Labute approximate surface area is 147 Å². The predicted molar refractivity (Wildman–Crippen MR) is 94.2 cm³/mol. The summed E-state index contributed by atoms with van der Waals surface area (Å²) in [4.78, 5) is 38.4. The Balaban J connectivity index is 1.62. The van der Waals surface area contributed by atoms with Crippen molar-refractivity contribution >= 4 is 23.5 Å². The van der Waals surface area contributed by atoms with Crippen LogP contribution in [0.25, 0.3) is 0 Å². The summed E-state index contributed by atoms with van der Waals surface area (Å²) in [6.45, 7) is 6.18. The number of nitrogens with one attached hydrogen (secondary N) is 3. The summed E-state index contributed by atoms with van der Waals surface area (Å²) in [7, 11) is 0. The summed E-state index contributed by atoms with van der Waals surface area (Å²) in [5, 5.41) is 8.45. The second-order valence-corrected chi connectivity index (χ2v) is 6.88. The molecular weight excluding hydrogens is 320 g/mol. The first-order valence-electron chi connectivity index (χ1n) is 8.64. The third kappa shape index (κ3) is 3.60. The Kier molecular flexibility index (Phi) is 4.65. The molecule has 0 saturated carbocycles. The first-order valence-corrected chi connectivity index (χ1v) is 8.64. The maximum Gasteiger partial charge on any atom is 0.319 e. The average molecular weight is 344 g/mol. The number of carbonyl (C=O) groups excluding carboxylic acids is 3. The minimum Gasteiger partial charge on any atom is -0.343 e. The minimum atomic E-state index is -0.484. The zero-order chi connectivity index (χ0) is 18.1. The molecule has 0 bridgehead atoms. The Morgan fingerprint density at radius 1 is 1.24 bits per heavy atom. The van der Waals surface area contributed by atoms with Gasteiger partial charge in [0.1, 0.15) is 12.1 Å². The molecule has 1 aromatic rings. The molecule has 2 saturated heterocycles. The lowest BCUT2D eigenvalue weighted by molar-refractivity contribution is -0.147. The van der Waals surface area contributed by atoms with Crippen molar-refractivity contribution < 1.29 is 14.4 Å². The summed E-state index contributed by atoms with van der Waals surface area (Å²) in [6.07, 6.45) is 1.01. The molecule has 0 radical (unpaired) electrons. The number of nitrogens with zero attached hydrogens (tertiary/aromatic N) is 1. The van der Waals surface area contributed by atoms with E-state index in [1.54, 1.807) is 4.90 Å². The highest BCUT2D eigenvalue weighted by Gasteiger charge is 2.46. The molecule has 7 heteroatoms. The third-order valence-corrected chi connectivity index (χ3v) is 4.72. The van der Waals surface area contributed by atoms with Gasteiger partial charge in [-0.1, -0.05) is 13.0 Å². The van der Waals surface area contributed by atoms with Crippen molar-refractivity contribution in [2.24, 2.45) is 0 Å². The molecule has 3 N–H and O–H groups in total. The van der Waals surface area contributed by atoms with Crippen LogP contribution in [0.2, 0.25) is 0 Å². The van der Waals surface area contributed by atoms with Crippen molar-refractivity contribution in [2.75, 3.05) is 11.9 Å². The number of fused-ring (bicyclic) bond motifs is 1. The van der Waals surface area contributed by atoms with Crippen molar-refractivity contribution in [2.45, 2.75) is 51.7 Å². The largest absolute Gasteiger partial charge is 0.343 e. The molecule has 1 aromatic carbocycles. The number of carbonyl (C=O) groups is 3. The SMILES string of the molecule is CC[C@@H]1NC(=O)[C@@H]2C[C@H](NC(=O)Nc3cc(C)cc(C)c3)CN2C1=O. The Morgan fingerprint density at radius 2 is 1.92 bits per heavy atom. The van der Waals surface area contributed by atoms with Crippen LogP contribution >= 0.6 is 0 Å². The van der Waals surface area contributed by atoms with Crippen LogP contribution in [0.5, 0.6) is 0 Å². The molecule has 0 spiro atoms. The Hall–Kier alpha value is -2.57. The van der Waals surface area contributed by atoms with Gasteiger partial charge in [0.15, 0.2) is 0 Å². The highest BCUT2D eigenvalue weighted by molar-refractivity contribution is 5.98. The first kappa shape index (κ1) is 17.3. The number of hydrogen-bond donors (Lipinski definition) is 3. The number of piperazine rings is 1. The van der Waals surface area contributed by atoms with E-state index in [0.717, 1.165) is 16.8 Å². The van der Waals surface area contributed by atoms with Gasteiger partial charge in [0, 0.05) is 12.2 Å². The number of urea groups is 1. The zero-order valence-corrected chi connectivity index (χ0v) is 14.8. The van der Waals surface area contributed by atoms with Gasteiger partial charge in [0.25, 0.3) is 0 Å². The normalized spacial score (nSPS) is 25.4. The second-order valence-electron chi connectivity index (χ2n) is 6.88. The fourth-order valence-corrected chi connectivity index (χ4v) is 3.64. The van der Waals surface area contributed by atoms with E-state index in [4.69, 9.17) is 0 Å². The molecule has 0 aromatic heterocycles. The van der Waals surface area contributed by atoms with Crippen LogP contribution in [0.3, 0.4) is 0 Å². The highest BCUT2D eigenvalue weighted by Crippen LogP contribution is 2.23. The lowest BCUT2D eigenvalue weighted by Gasteiger charge is -2.33. The van der Waals surface area contributed by atoms with E-state index in [1.807, 2.05) is 39.0 Å². The molecule has 2 heterocycles. The summed E-state index contributed by atoms with van der Waals surface area (Å²) < 4.78 is 0. The maximum atomic E-state index is 12.4. The molecule has 3 rings (SSSR count). The monoisotopic (exact) mass is 344 g/mol. The summed E-state index contributed by atoms with van der Waals surface area (Å²) in [5.41, 5.74) is 2.87. The van der Waals surface area contributed by atoms with Crippen molar-refractivity contribution in [3.8, 4) is 0 Å². The fourth-order valence-electron chi connectivity index (χ4n) is 3.64. The van der Waals surface area contributed by atoms with Crippen molar-refractivity contribution in [1.82, 2.24) is 15.5 Å². The minimum absolute atomic E-state index is 0.0638. The van der Waals surface area contributed by atoms with Crippen LogP contribution in [0, 0.1) is 13.8 Å². The van der Waals surface area contributed by atoms with Crippen molar-refractivity contribution in [3.05, 3.63) is 29.3 Å². The molecular formula is C18H24N4O3. The number of aryl methyl sites for hydroxylation is 2. The molecule has 7 nitrogen and oxygen atoms in total. The van der Waals surface area contributed by atoms with Crippen LogP contribution in [0.1, 0.15) is 30.9 Å². The van der Waals surface area contributed by atoms with E-state index < -0.39 is 12.1 Å². The Morgan fingerprint density at radius 3 is 2.56 bits per heavy atom.